The first-order valence-corrected chi connectivity index (χ1v) is 29.1. The van der Waals surface area contributed by atoms with Crippen molar-refractivity contribution in [3.63, 3.8) is 0 Å². The molecule has 0 N–H and O–H groups in total. The molecular formula is C63H92N6O16. The summed E-state index contributed by atoms with van der Waals surface area (Å²) in [7, 11) is 9.20. The number of carbonyl (C=O) groups excluding carboxylic acids is 5. The molecule has 3 aliphatic heterocycles. The summed E-state index contributed by atoms with van der Waals surface area (Å²) in [5, 5.41) is 1.88. The third kappa shape index (κ3) is 20.7. The van der Waals surface area contributed by atoms with E-state index in [4.69, 9.17) is 52.1 Å². The molecule has 3 fully saturated rings. The van der Waals surface area contributed by atoms with Gasteiger partial charge >= 0.3 is 30.0 Å². The van der Waals surface area contributed by atoms with Crippen molar-refractivity contribution < 1.29 is 76.1 Å². The Morgan fingerprint density at radius 3 is 1.26 bits per heavy atom. The number of hydrogen-bond acceptors (Lipinski definition) is 16. The molecule has 22 heteroatoms. The van der Waals surface area contributed by atoms with Gasteiger partial charge in [0.25, 0.3) is 0 Å². The van der Waals surface area contributed by atoms with Crippen molar-refractivity contribution in [2.75, 3.05) is 142 Å². The van der Waals surface area contributed by atoms with Crippen molar-refractivity contribution in [3.8, 4) is 11.5 Å². The van der Waals surface area contributed by atoms with Crippen LogP contribution in [0.15, 0.2) is 84.9 Å². The number of nitrogens with zero attached hydrogens (tertiary/aromatic N) is 6. The molecule has 0 spiro atoms. The number of amides is 6. The van der Waals surface area contributed by atoms with Gasteiger partial charge in [-0.05, 0) is 88.7 Å². The Morgan fingerprint density at radius 1 is 0.459 bits per heavy atom. The van der Waals surface area contributed by atoms with E-state index in [2.05, 4.69) is 53.7 Å². The predicted octanol–water partition coefficient (Wildman–Crippen LogP) is 9.17. The van der Waals surface area contributed by atoms with Crippen LogP contribution < -0.4 is 9.47 Å². The molecule has 0 aliphatic carbocycles. The monoisotopic (exact) mass is 1190 g/mol. The van der Waals surface area contributed by atoms with Gasteiger partial charge in [-0.25, -0.2) is 24.0 Å². The summed E-state index contributed by atoms with van der Waals surface area (Å²) < 4.78 is 59.2. The SMILES string of the molecule is CCC(C)c1ccc(OCC(=O)OC2CN(COC)C(=O)N(COC)C2)cc1.CCC(C)c1ccc(OCCOC2CN(COC)C(=O)N(COC)C2)cc1.CCC(C)c1ccc2ccccc2c1C(=O)OC1CN(COC)C(=O)N(COC)C1. The highest BCUT2D eigenvalue weighted by atomic mass is 16.6. The van der Waals surface area contributed by atoms with Crippen LogP contribution in [0.3, 0.4) is 0 Å². The number of urea groups is 3. The summed E-state index contributed by atoms with van der Waals surface area (Å²) in [6, 6.07) is 27.3. The summed E-state index contributed by atoms with van der Waals surface area (Å²) in [5.41, 5.74) is 4.15. The number of carbonyl (C=O) groups is 5. The number of rotatable bonds is 29. The maximum atomic E-state index is 13.4. The normalized spacial score (nSPS) is 16.4. The molecule has 6 amide bonds. The Kier molecular flexibility index (Phi) is 29.4. The number of methoxy groups -OCH3 is 6. The van der Waals surface area contributed by atoms with Crippen LogP contribution in [-0.2, 0) is 47.4 Å². The van der Waals surface area contributed by atoms with E-state index >= 15 is 0 Å². The molecule has 4 aromatic carbocycles. The fourth-order valence-corrected chi connectivity index (χ4v) is 9.90. The lowest BCUT2D eigenvalue weighted by Gasteiger charge is -2.39. The molecule has 22 nitrogen and oxygen atoms in total. The van der Waals surface area contributed by atoms with Gasteiger partial charge in [0, 0.05) is 42.7 Å². The first kappa shape index (κ1) is 69.0. The van der Waals surface area contributed by atoms with Crippen molar-refractivity contribution in [2.45, 2.75) is 96.9 Å². The van der Waals surface area contributed by atoms with Crippen molar-refractivity contribution in [1.29, 1.82) is 0 Å². The fourth-order valence-electron chi connectivity index (χ4n) is 9.90. The Hall–Kier alpha value is -6.79. The van der Waals surface area contributed by atoms with E-state index in [0.29, 0.717) is 49.5 Å². The van der Waals surface area contributed by atoms with Crippen LogP contribution in [0.2, 0.25) is 0 Å². The third-order valence-corrected chi connectivity index (χ3v) is 14.9. The van der Waals surface area contributed by atoms with Gasteiger partial charge in [0.2, 0.25) is 0 Å². The molecule has 85 heavy (non-hydrogen) atoms. The molecule has 0 aromatic heterocycles. The molecule has 3 unspecified atom stereocenters. The van der Waals surface area contributed by atoms with Crippen LogP contribution in [0.1, 0.15) is 106 Å². The number of benzene rings is 4. The molecule has 7 rings (SSSR count). The number of fused-ring (bicyclic) bond motifs is 1. The van der Waals surface area contributed by atoms with Crippen LogP contribution in [0.25, 0.3) is 10.8 Å². The van der Waals surface area contributed by atoms with Crippen LogP contribution in [-0.4, -0.2) is 220 Å². The van der Waals surface area contributed by atoms with Gasteiger partial charge in [0.15, 0.2) is 6.61 Å². The second-order valence-corrected chi connectivity index (χ2v) is 21.3. The molecule has 4 aromatic rings. The minimum Gasteiger partial charge on any atom is -0.491 e. The first-order valence-electron chi connectivity index (χ1n) is 29.1. The van der Waals surface area contributed by atoms with Crippen molar-refractivity contribution in [2.24, 2.45) is 0 Å². The average molecular weight is 1190 g/mol. The predicted molar refractivity (Wildman–Crippen MR) is 320 cm³/mol. The van der Waals surface area contributed by atoms with Crippen LogP contribution in [0.4, 0.5) is 14.4 Å². The fraction of sp³-hybridized carbons (Fsp3) is 0.571. The number of hydrogen-bond donors (Lipinski definition) is 0. The van der Waals surface area contributed by atoms with Gasteiger partial charge in [-0.2, -0.15) is 0 Å². The Bertz CT molecular complexity index is 2610. The summed E-state index contributed by atoms with van der Waals surface area (Å²) in [5.74, 6) is 1.87. The molecule has 0 bridgehead atoms. The highest BCUT2D eigenvalue weighted by Gasteiger charge is 2.36. The highest BCUT2D eigenvalue weighted by Crippen LogP contribution is 2.31. The molecule has 3 atom stereocenters. The Labute approximate surface area is 502 Å². The summed E-state index contributed by atoms with van der Waals surface area (Å²) >= 11 is 0. The maximum absolute atomic E-state index is 13.4. The van der Waals surface area contributed by atoms with E-state index in [-0.39, 0.29) is 109 Å². The lowest BCUT2D eigenvalue weighted by atomic mass is 9.90. The van der Waals surface area contributed by atoms with Crippen LogP contribution in [0, 0.1) is 0 Å². The van der Waals surface area contributed by atoms with Gasteiger partial charge in [0.05, 0.1) is 57.5 Å². The zero-order valence-electron chi connectivity index (χ0n) is 52.0. The zero-order chi connectivity index (χ0) is 61.8. The van der Waals surface area contributed by atoms with Gasteiger partial charge in [0.1, 0.15) is 70.7 Å². The molecule has 3 aliphatic rings. The van der Waals surface area contributed by atoms with E-state index in [1.807, 2.05) is 72.8 Å². The largest absolute Gasteiger partial charge is 0.491 e. The van der Waals surface area contributed by atoms with E-state index in [1.165, 1.54) is 59.2 Å². The second kappa shape index (κ2) is 36.3. The minimum atomic E-state index is -0.486. The van der Waals surface area contributed by atoms with Crippen LogP contribution in [0.5, 0.6) is 11.5 Å². The molecule has 3 heterocycles. The van der Waals surface area contributed by atoms with E-state index in [1.54, 1.807) is 24.0 Å². The topological polar surface area (TPSA) is 206 Å². The number of esters is 2. The molecule has 0 saturated carbocycles. The lowest BCUT2D eigenvalue weighted by molar-refractivity contribution is -0.155. The Morgan fingerprint density at radius 2 is 0.847 bits per heavy atom. The first-order chi connectivity index (χ1) is 41.1. The quantitative estimate of drug-likeness (QED) is 0.0367. The number of ether oxygens (including phenoxy) is 11. The summed E-state index contributed by atoms with van der Waals surface area (Å²) in [6.07, 6.45) is 2.04. The highest BCUT2D eigenvalue weighted by molar-refractivity contribution is 6.06. The molecule has 470 valence electrons. The van der Waals surface area contributed by atoms with Gasteiger partial charge in [-0.15, -0.1) is 0 Å². The lowest BCUT2D eigenvalue weighted by Crippen LogP contribution is -2.57. The van der Waals surface area contributed by atoms with Crippen LogP contribution >= 0.6 is 0 Å². The van der Waals surface area contributed by atoms with Gasteiger partial charge < -0.3 is 52.1 Å². The Balaban J connectivity index is 0.000000233. The summed E-state index contributed by atoms with van der Waals surface area (Å²) in [6.45, 7) is 16.7. The van der Waals surface area contributed by atoms with Gasteiger partial charge in [-0.3, -0.25) is 29.4 Å². The van der Waals surface area contributed by atoms with E-state index < -0.39 is 18.2 Å². The van der Waals surface area contributed by atoms with E-state index in [0.717, 1.165) is 41.3 Å². The maximum Gasteiger partial charge on any atom is 0.344 e. The van der Waals surface area contributed by atoms with Crippen molar-refractivity contribution in [3.05, 3.63) is 107 Å². The molecule has 3 saturated heterocycles. The molecule has 0 radical (unpaired) electrons. The smallest absolute Gasteiger partial charge is 0.344 e. The van der Waals surface area contributed by atoms with E-state index in [9.17, 15) is 24.0 Å². The van der Waals surface area contributed by atoms with Crippen molar-refractivity contribution >= 4 is 40.8 Å². The van der Waals surface area contributed by atoms with Gasteiger partial charge in [-0.1, -0.05) is 102 Å². The minimum absolute atomic E-state index is 0.101. The average Bonchev–Trinajstić information content (AvgIpc) is 3.70. The summed E-state index contributed by atoms with van der Waals surface area (Å²) in [4.78, 5) is 71.8. The third-order valence-electron chi connectivity index (χ3n) is 14.9. The molecular weight excluding hydrogens is 1100 g/mol. The zero-order valence-corrected chi connectivity index (χ0v) is 52.0. The standard InChI is InChI=1S/C23H30N2O5.C20H30N2O6.C20H32N2O5/c1-5-16(2)19-11-10-17-8-6-7-9-20(17)21(19)22(26)30-18-12-24(14-28-3)23(27)25(13-18)15-29-4;1-5-15(2)16-6-8-17(9-7-16)27-12-19(23)28-18-10-21(13-25-3)20(24)22(11-18)14-26-4;1-5-16(2)17-6-8-18(9-7-17)26-10-11-27-19-12-21(14-24-3)20(23)22(13-19)15-25-4/h6-11,16,18H,5,12-15H2,1-4H3;6-9,15,18H,5,10-14H2,1-4H3;6-9,16,19H,5,10-15H2,1-4H3. The second-order valence-electron chi connectivity index (χ2n) is 21.3. The van der Waals surface area contributed by atoms with Crippen molar-refractivity contribution in [1.82, 2.24) is 29.4 Å².